The Kier molecular flexibility index (Phi) is 7.71. The Morgan fingerprint density at radius 3 is 2.77 bits per heavy atom. The number of fused-ring (bicyclic) bond motifs is 1. The van der Waals surface area contributed by atoms with Gasteiger partial charge in [-0.1, -0.05) is 13.8 Å². The fourth-order valence-electron chi connectivity index (χ4n) is 2.51. The summed E-state index contributed by atoms with van der Waals surface area (Å²) in [5.74, 6) is -0.511. The number of carbonyl (C=O) groups is 2. The molecule has 0 saturated carbocycles. The third-order valence-electron chi connectivity index (χ3n) is 3.70. The molecule has 0 aliphatic rings. The normalized spacial score (nSPS) is 11.1. The average molecular weight is 397 g/mol. The second kappa shape index (κ2) is 9.78. The third-order valence-corrected chi connectivity index (χ3v) is 4.90. The zero-order valence-electron chi connectivity index (χ0n) is 15.0. The first-order valence-electron chi connectivity index (χ1n) is 8.62. The minimum Gasteiger partial charge on any atom is -0.481 e. The van der Waals surface area contributed by atoms with Crippen LogP contribution in [0.1, 0.15) is 39.5 Å². The molecular formula is C18H24N2O4S2. The number of unbranched alkanes of at least 4 members (excludes halogenated alkanes) is 2. The fraction of sp³-hybridized carbons (Fsp3) is 0.500. The van der Waals surface area contributed by atoms with Crippen LogP contribution in [-0.4, -0.2) is 35.3 Å². The second-order valence-corrected chi connectivity index (χ2v) is 8.23. The molecule has 1 amide bonds. The van der Waals surface area contributed by atoms with Crippen LogP contribution >= 0.6 is 24.0 Å². The van der Waals surface area contributed by atoms with Gasteiger partial charge in [-0.15, -0.1) is 24.0 Å². The highest BCUT2D eigenvalue weighted by Crippen LogP contribution is 2.29. The van der Waals surface area contributed by atoms with Crippen LogP contribution in [0.25, 0.3) is 10.2 Å². The highest BCUT2D eigenvalue weighted by molar-refractivity contribution is 7.82. The number of thiazole rings is 1. The summed E-state index contributed by atoms with van der Waals surface area (Å²) in [6, 6.07) is 5.68. The fourth-order valence-corrected chi connectivity index (χ4v) is 3.65. The molecule has 0 aliphatic carbocycles. The monoisotopic (exact) mass is 396 g/mol. The van der Waals surface area contributed by atoms with Gasteiger partial charge in [-0.25, -0.2) is 9.78 Å². The number of rotatable bonds is 9. The number of carbonyl (C=O) groups excluding carboxylic acids is 1. The Hall–Kier alpha value is -1.80. The smallest absolute Gasteiger partial charge is 0.414 e. The standard InChI is InChI=1S/C18H24N2O4S2/c1-12(2)11-20(18(23)24-9-5-3-4-6-16(21)22)13-7-8-14-15(10-13)26-17(25)19-14/h7-8,10,12H,3-6,9,11H2,1-2H3,(H,19,25)(H,21,22). The van der Waals surface area contributed by atoms with Crippen LogP contribution in [0.3, 0.4) is 0 Å². The number of aromatic nitrogens is 1. The summed E-state index contributed by atoms with van der Waals surface area (Å²) in [5, 5.41) is 8.62. The lowest BCUT2D eigenvalue weighted by atomic mass is 10.2. The van der Waals surface area contributed by atoms with Crippen molar-refractivity contribution in [1.82, 2.24) is 4.98 Å². The molecule has 1 N–H and O–H groups in total. The van der Waals surface area contributed by atoms with Crippen LogP contribution in [0.15, 0.2) is 22.5 Å². The molecule has 0 atom stereocenters. The summed E-state index contributed by atoms with van der Waals surface area (Å²) in [5.41, 5.74) is 1.64. The molecule has 142 valence electrons. The summed E-state index contributed by atoms with van der Waals surface area (Å²) in [4.78, 5) is 29.0. The highest BCUT2D eigenvalue weighted by atomic mass is 32.2. The number of amides is 1. The van der Waals surface area contributed by atoms with E-state index in [2.05, 4.69) is 17.6 Å². The van der Waals surface area contributed by atoms with Gasteiger partial charge in [0.2, 0.25) is 0 Å². The number of nitrogens with zero attached hydrogens (tertiary/aromatic N) is 2. The number of thiol groups is 1. The molecule has 1 aromatic carbocycles. The van der Waals surface area contributed by atoms with Crippen molar-refractivity contribution in [3.05, 3.63) is 18.2 Å². The third kappa shape index (κ3) is 6.17. The number of ether oxygens (including phenoxy) is 1. The van der Waals surface area contributed by atoms with Crippen molar-refractivity contribution in [2.75, 3.05) is 18.1 Å². The van der Waals surface area contributed by atoms with Gasteiger partial charge in [0, 0.05) is 18.7 Å². The van der Waals surface area contributed by atoms with Crippen LogP contribution in [0, 0.1) is 5.92 Å². The largest absolute Gasteiger partial charge is 0.481 e. The predicted molar refractivity (Wildman–Crippen MR) is 107 cm³/mol. The van der Waals surface area contributed by atoms with E-state index in [1.54, 1.807) is 4.90 Å². The van der Waals surface area contributed by atoms with Gasteiger partial charge in [0.1, 0.15) is 4.34 Å². The minimum atomic E-state index is -0.798. The van der Waals surface area contributed by atoms with Gasteiger partial charge in [0.05, 0.1) is 16.8 Å². The van der Waals surface area contributed by atoms with Crippen molar-refractivity contribution < 1.29 is 19.4 Å². The lowest BCUT2D eigenvalue weighted by molar-refractivity contribution is -0.137. The molecule has 26 heavy (non-hydrogen) atoms. The average Bonchev–Trinajstić information content (AvgIpc) is 2.94. The van der Waals surface area contributed by atoms with E-state index in [0.29, 0.717) is 23.7 Å². The molecule has 2 rings (SSSR count). The highest BCUT2D eigenvalue weighted by Gasteiger charge is 2.19. The summed E-state index contributed by atoms with van der Waals surface area (Å²) in [6.07, 6.45) is 1.74. The molecule has 0 fully saturated rings. The SMILES string of the molecule is CC(C)CN(C(=O)OCCCCCC(=O)O)c1ccc2nc(S)sc2c1. The second-order valence-electron chi connectivity index (χ2n) is 6.47. The topological polar surface area (TPSA) is 79.7 Å². The zero-order chi connectivity index (χ0) is 19.1. The van der Waals surface area contributed by atoms with Gasteiger partial charge in [-0.05, 0) is 43.4 Å². The quantitative estimate of drug-likeness (QED) is 0.469. The minimum absolute atomic E-state index is 0.148. The Morgan fingerprint density at radius 2 is 2.08 bits per heavy atom. The van der Waals surface area contributed by atoms with Gasteiger partial charge in [-0.2, -0.15) is 0 Å². The number of hydrogen-bond acceptors (Lipinski definition) is 6. The molecule has 0 unspecified atom stereocenters. The van der Waals surface area contributed by atoms with E-state index in [1.807, 2.05) is 32.0 Å². The number of carboxylic acids is 1. The van der Waals surface area contributed by atoms with Crippen molar-refractivity contribution in [3.8, 4) is 0 Å². The molecule has 1 aromatic heterocycles. The van der Waals surface area contributed by atoms with Crippen molar-refractivity contribution >= 4 is 51.9 Å². The maximum absolute atomic E-state index is 12.5. The van der Waals surface area contributed by atoms with Gasteiger partial charge in [0.15, 0.2) is 0 Å². The Balaban J connectivity index is 1.98. The van der Waals surface area contributed by atoms with Gasteiger partial charge >= 0.3 is 12.1 Å². The van der Waals surface area contributed by atoms with Crippen LogP contribution in [0.5, 0.6) is 0 Å². The van der Waals surface area contributed by atoms with Gasteiger partial charge < -0.3 is 9.84 Å². The molecule has 0 spiro atoms. The van der Waals surface area contributed by atoms with Crippen molar-refractivity contribution in [1.29, 1.82) is 0 Å². The van der Waals surface area contributed by atoms with E-state index in [-0.39, 0.29) is 25.0 Å². The van der Waals surface area contributed by atoms with E-state index in [1.165, 1.54) is 11.3 Å². The van der Waals surface area contributed by atoms with Crippen LogP contribution in [0.4, 0.5) is 10.5 Å². The summed E-state index contributed by atoms with van der Waals surface area (Å²) < 4.78 is 7.06. The van der Waals surface area contributed by atoms with Crippen LogP contribution in [-0.2, 0) is 9.53 Å². The number of hydrogen-bond donors (Lipinski definition) is 2. The van der Waals surface area contributed by atoms with E-state index in [4.69, 9.17) is 9.84 Å². The molecule has 8 heteroatoms. The maximum atomic E-state index is 12.5. The van der Waals surface area contributed by atoms with E-state index in [0.717, 1.165) is 22.3 Å². The number of anilines is 1. The van der Waals surface area contributed by atoms with Crippen molar-refractivity contribution in [3.63, 3.8) is 0 Å². The molecule has 6 nitrogen and oxygen atoms in total. The lowest BCUT2D eigenvalue weighted by Gasteiger charge is -2.24. The van der Waals surface area contributed by atoms with Crippen LogP contribution in [0.2, 0.25) is 0 Å². The number of benzene rings is 1. The molecule has 1 heterocycles. The number of aliphatic carboxylic acids is 1. The molecule has 0 radical (unpaired) electrons. The van der Waals surface area contributed by atoms with Gasteiger partial charge in [-0.3, -0.25) is 9.69 Å². The lowest BCUT2D eigenvalue weighted by Crippen LogP contribution is -2.35. The van der Waals surface area contributed by atoms with E-state index < -0.39 is 5.97 Å². The first-order valence-corrected chi connectivity index (χ1v) is 9.89. The summed E-state index contributed by atoms with van der Waals surface area (Å²) in [6.45, 7) is 4.93. The first-order chi connectivity index (χ1) is 12.4. The first kappa shape index (κ1) is 20.5. The summed E-state index contributed by atoms with van der Waals surface area (Å²) >= 11 is 5.75. The predicted octanol–water partition coefficient (Wildman–Crippen LogP) is 4.83. The molecule has 2 aromatic rings. The van der Waals surface area contributed by atoms with Crippen molar-refractivity contribution in [2.45, 2.75) is 43.9 Å². The van der Waals surface area contributed by atoms with Crippen LogP contribution < -0.4 is 4.90 Å². The Labute approximate surface area is 162 Å². The number of carboxylic acid groups (broad SMARTS) is 1. The zero-order valence-corrected chi connectivity index (χ0v) is 16.7. The molecule has 0 saturated heterocycles. The molecular weight excluding hydrogens is 372 g/mol. The van der Waals surface area contributed by atoms with Crippen molar-refractivity contribution in [2.24, 2.45) is 5.92 Å². The molecule has 0 aliphatic heterocycles. The van der Waals surface area contributed by atoms with E-state index >= 15 is 0 Å². The Morgan fingerprint density at radius 1 is 1.31 bits per heavy atom. The molecule has 0 bridgehead atoms. The summed E-state index contributed by atoms with van der Waals surface area (Å²) in [7, 11) is 0. The van der Waals surface area contributed by atoms with E-state index in [9.17, 15) is 9.59 Å². The van der Waals surface area contributed by atoms with Gasteiger partial charge in [0.25, 0.3) is 0 Å². The Bertz CT molecular complexity index is 761. The maximum Gasteiger partial charge on any atom is 0.414 e.